The topological polar surface area (TPSA) is 57.5 Å². The number of carbonyl (C=O) groups excluding carboxylic acids is 1. The van der Waals surface area contributed by atoms with Crippen molar-refractivity contribution in [2.24, 2.45) is 7.05 Å². The quantitative estimate of drug-likeness (QED) is 0.838. The number of amides is 2. The SMILES string of the molecule is C[C@@H](CCc1ccc(O)cc1)NC(=O)N(C)Cc1cc(Cl)cn1C. The number of rotatable bonds is 6. The molecule has 2 amide bonds. The average molecular weight is 350 g/mol. The van der Waals surface area contributed by atoms with Crippen molar-refractivity contribution in [2.45, 2.75) is 32.4 Å². The molecule has 2 N–H and O–H groups in total. The van der Waals surface area contributed by atoms with Crippen LogP contribution in [-0.4, -0.2) is 33.7 Å². The molecule has 6 heteroatoms. The number of halogens is 1. The van der Waals surface area contributed by atoms with Crippen LogP contribution in [0.1, 0.15) is 24.6 Å². The number of aromatic hydroxyl groups is 1. The van der Waals surface area contributed by atoms with E-state index in [0.29, 0.717) is 11.6 Å². The Morgan fingerprint density at radius 3 is 2.62 bits per heavy atom. The summed E-state index contributed by atoms with van der Waals surface area (Å²) < 4.78 is 1.92. The molecule has 130 valence electrons. The van der Waals surface area contributed by atoms with Crippen LogP contribution >= 0.6 is 11.6 Å². The summed E-state index contributed by atoms with van der Waals surface area (Å²) >= 11 is 5.97. The van der Waals surface area contributed by atoms with E-state index in [-0.39, 0.29) is 17.8 Å². The second-order valence-corrected chi connectivity index (χ2v) is 6.61. The van der Waals surface area contributed by atoms with E-state index in [9.17, 15) is 9.90 Å². The van der Waals surface area contributed by atoms with Crippen LogP contribution < -0.4 is 5.32 Å². The van der Waals surface area contributed by atoms with Crippen molar-refractivity contribution in [3.8, 4) is 5.75 Å². The number of benzene rings is 1. The Hall–Kier alpha value is -2.14. The normalized spacial score (nSPS) is 12.0. The average Bonchev–Trinajstić information content (AvgIpc) is 2.84. The molecule has 0 saturated carbocycles. The van der Waals surface area contributed by atoms with Gasteiger partial charge in [-0.05, 0) is 43.5 Å². The fraction of sp³-hybridized carbons (Fsp3) is 0.389. The Kier molecular flexibility index (Phi) is 6.15. The first-order valence-corrected chi connectivity index (χ1v) is 8.33. The summed E-state index contributed by atoms with van der Waals surface area (Å²) in [6, 6.07) is 8.97. The molecular formula is C18H24ClN3O2. The summed E-state index contributed by atoms with van der Waals surface area (Å²) in [6.45, 7) is 2.49. The summed E-state index contributed by atoms with van der Waals surface area (Å²) in [5.41, 5.74) is 2.12. The molecule has 1 aromatic heterocycles. The molecule has 0 saturated heterocycles. The minimum absolute atomic E-state index is 0.0609. The van der Waals surface area contributed by atoms with Crippen molar-refractivity contribution < 1.29 is 9.90 Å². The molecule has 0 spiro atoms. The van der Waals surface area contributed by atoms with Crippen LogP contribution in [0, 0.1) is 0 Å². The largest absolute Gasteiger partial charge is 0.508 e. The molecule has 0 fully saturated rings. The maximum atomic E-state index is 12.3. The van der Waals surface area contributed by atoms with Crippen molar-refractivity contribution in [2.75, 3.05) is 7.05 Å². The zero-order valence-corrected chi connectivity index (χ0v) is 15.0. The summed E-state index contributed by atoms with van der Waals surface area (Å²) in [7, 11) is 3.68. The molecule has 0 aliphatic rings. The minimum atomic E-state index is -0.106. The van der Waals surface area contributed by atoms with Gasteiger partial charge in [-0.1, -0.05) is 23.7 Å². The molecule has 0 radical (unpaired) electrons. The van der Waals surface area contributed by atoms with Gasteiger partial charge in [0.1, 0.15) is 5.75 Å². The van der Waals surface area contributed by atoms with Crippen LogP contribution in [-0.2, 0) is 20.0 Å². The van der Waals surface area contributed by atoms with E-state index in [4.69, 9.17) is 11.6 Å². The van der Waals surface area contributed by atoms with E-state index in [1.807, 2.05) is 42.9 Å². The standard InChI is InChI=1S/C18H24ClN3O2/c1-13(4-5-14-6-8-17(23)9-7-14)20-18(24)22(3)12-16-10-15(19)11-21(16)2/h6-11,13,23H,4-5,12H2,1-3H3,(H,20,24)/t13-/m0/s1. The third kappa shape index (κ3) is 5.20. The lowest BCUT2D eigenvalue weighted by Gasteiger charge is -2.21. The first kappa shape index (κ1) is 18.2. The van der Waals surface area contributed by atoms with Crippen molar-refractivity contribution in [1.29, 1.82) is 0 Å². The van der Waals surface area contributed by atoms with Gasteiger partial charge >= 0.3 is 6.03 Å². The van der Waals surface area contributed by atoms with Gasteiger partial charge in [-0.15, -0.1) is 0 Å². The van der Waals surface area contributed by atoms with E-state index >= 15 is 0 Å². The third-order valence-electron chi connectivity index (χ3n) is 3.99. The van der Waals surface area contributed by atoms with E-state index in [1.165, 1.54) is 0 Å². The predicted molar refractivity (Wildman–Crippen MR) is 96.3 cm³/mol. The fourth-order valence-electron chi connectivity index (χ4n) is 2.48. The molecule has 24 heavy (non-hydrogen) atoms. The number of phenols is 1. The molecule has 0 aliphatic carbocycles. The van der Waals surface area contributed by atoms with Crippen LogP contribution in [0.3, 0.4) is 0 Å². The molecule has 2 rings (SSSR count). The lowest BCUT2D eigenvalue weighted by atomic mass is 10.1. The fourth-order valence-corrected chi connectivity index (χ4v) is 2.75. The van der Waals surface area contributed by atoms with Gasteiger partial charge in [-0.2, -0.15) is 0 Å². The molecular weight excluding hydrogens is 326 g/mol. The Labute approximate surface area is 147 Å². The van der Waals surface area contributed by atoms with Crippen LogP contribution in [0.4, 0.5) is 4.79 Å². The minimum Gasteiger partial charge on any atom is -0.508 e. The molecule has 1 aromatic carbocycles. The van der Waals surface area contributed by atoms with Crippen LogP contribution in [0.25, 0.3) is 0 Å². The second-order valence-electron chi connectivity index (χ2n) is 6.17. The van der Waals surface area contributed by atoms with E-state index < -0.39 is 0 Å². The van der Waals surface area contributed by atoms with E-state index in [2.05, 4.69) is 5.32 Å². The summed E-state index contributed by atoms with van der Waals surface area (Å²) in [6.07, 6.45) is 3.50. The molecule has 5 nitrogen and oxygen atoms in total. The number of hydrogen-bond donors (Lipinski definition) is 2. The zero-order valence-electron chi connectivity index (χ0n) is 14.3. The third-order valence-corrected chi connectivity index (χ3v) is 4.20. The van der Waals surface area contributed by atoms with Gasteiger partial charge in [0.15, 0.2) is 0 Å². The second kappa shape index (κ2) is 8.11. The maximum Gasteiger partial charge on any atom is 0.317 e. The van der Waals surface area contributed by atoms with Crippen molar-refractivity contribution in [1.82, 2.24) is 14.8 Å². The van der Waals surface area contributed by atoms with Crippen LogP contribution in [0.15, 0.2) is 36.5 Å². The van der Waals surface area contributed by atoms with Crippen molar-refractivity contribution >= 4 is 17.6 Å². The Balaban J connectivity index is 1.79. The summed E-state index contributed by atoms with van der Waals surface area (Å²) in [5.74, 6) is 0.266. The predicted octanol–water partition coefficient (Wildman–Crippen LogP) is 3.55. The number of nitrogens with one attached hydrogen (secondary N) is 1. The van der Waals surface area contributed by atoms with Gasteiger partial charge in [-0.25, -0.2) is 4.79 Å². The smallest absolute Gasteiger partial charge is 0.317 e. The Bertz CT molecular complexity index is 682. The summed E-state index contributed by atoms with van der Waals surface area (Å²) in [4.78, 5) is 13.9. The highest BCUT2D eigenvalue weighted by molar-refractivity contribution is 6.30. The Morgan fingerprint density at radius 2 is 2.04 bits per heavy atom. The monoisotopic (exact) mass is 349 g/mol. The van der Waals surface area contributed by atoms with Crippen molar-refractivity contribution in [3.05, 3.63) is 52.8 Å². The number of carbonyl (C=O) groups is 1. The van der Waals surface area contributed by atoms with Gasteiger partial charge in [0.25, 0.3) is 0 Å². The number of urea groups is 1. The highest BCUT2D eigenvalue weighted by Gasteiger charge is 2.14. The molecule has 0 bridgehead atoms. The van der Waals surface area contributed by atoms with Crippen LogP contribution in [0.5, 0.6) is 5.75 Å². The van der Waals surface area contributed by atoms with Gasteiger partial charge in [0.05, 0.1) is 11.6 Å². The lowest BCUT2D eigenvalue weighted by Crippen LogP contribution is -2.41. The van der Waals surface area contributed by atoms with Gasteiger partial charge in [0.2, 0.25) is 0 Å². The number of aromatic nitrogens is 1. The van der Waals surface area contributed by atoms with E-state index in [1.54, 1.807) is 24.1 Å². The highest BCUT2D eigenvalue weighted by Crippen LogP contribution is 2.14. The molecule has 2 aromatic rings. The highest BCUT2D eigenvalue weighted by atomic mass is 35.5. The first-order valence-electron chi connectivity index (χ1n) is 7.95. The number of phenolic OH excluding ortho intramolecular Hbond substituents is 1. The number of nitrogens with zero attached hydrogens (tertiary/aromatic N) is 2. The molecule has 0 unspecified atom stereocenters. The van der Waals surface area contributed by atoms with Gasteiger partial charge in [-0.3, -0.25) is 0 Å². The maximum absolute atomic E-state index is 12.3. The number of aryl methyl sites for hydroxylation is 2. The molecule has 0 aliphatic heterocycles. The first-order chi connectivity index (χ1) is 11.3. The van der Waals surface area contributed by atoms with Gasteiger partial charge in [0, 0.05) is 32.0 Å². The molecule has 1 heterocycles. The molecule has 1 atom stereocenters. The van der Waals surface area contributed by atoms with E-state index in [0.717, 1.165) is 24.1 Å². The Morgan fingerprint density at radius 1 is 1.38 bits per heavy atom. The summed E-state index contributed by atoms with van der Waals surface area (Å²) in [5, 5.41) is 13.0. The number of hydrogen-bond acceptors (Lipinski definition) is 2. The van der Waals surface area contributed by atoms with Gasteiger partial charge < -0.3 is 19.9 Å². The zero-order chi connectivity index (χ0) is 17.7. The van der Waals surface area contributed by atoms with Crippen molar-refractivity contribution in [3.63, 3.8) is 0 Å². The lowest BCUT2D eigenvalue weighted by molar-refractivity contribution is 0.202. The van der Waals surface area contributed by atoms with Crippen LogP contribution in [0.2, 0.25) is 5.02 Å².